The second kappa shape index (κ2) is 6.30. The van der Waals surface area contributed by atoms with E-state index >= 15 is 0 Å². The summed E-state index contributed by atoms with van der Waals surface area (Å²) in [4.78, 5) is 4.17. The van der Waals surface area contributed by atoms with Crippen LogP contribution in [0.1, 0.15) is 36.4 Å². The summed E-state index contributed by atoms with van der Waals surface area (Å²) in [6.45, 7) is 5.85. The molecule has 0 saturated carbocycles. The van der Waals surface area contributed by atoms with Crippen molar-refractivity contribution < 1.29 is 4.74 Å². The summed E-state index contributed by atoms with van der Waals surface area (Å²) in [6, 6.07) is 3.58. The van der Waals surface area contributed by atoms with E-state index < -0.39 is 0 Å². The molecule has 0 aromatic carbocycles. The fourth-order valence-electron chi connectivity index (χ4n) is 2.19. The number of nitrogens with zero attached hydrogens (tertiary/aromatic N) is 3. The second-order valence-electron chi connectivity index (χ2n) is 4.62. The van der Waals surface area contributed by atoms with Crippen LogP contribution in [0.4, 0.5) is 0 Å². The summed E-state index contributed by atoms with van der Waals surface area (Å²) >= 11 is 0. The number of aromatic nitrogens is 3. The molecule has 0 spiro atoms. The van der Waals surface area contributed by atoms with E-state index in [0.717, 1.165) is 29.8 Å². The lowest BCUT2D eigenvalue weighted by Crippen LogP contribution is -2.18. The maximum Gasteiger partial charge on any atom is 0.250 e. The van der Waals surface area contributed by atoms with E-state index in [-0.39, 0.29) is 11.7 Å². The van der Waals surface area contributed by atoms with E-state index in [0.29, 0.717) is 11.3 Å². The van der Waals surface area contributed by atoms with Gasteiger partial charge in [-0.05, 0) is 37.5 Å². The largest absolute Gasteiger partial charge is 0.435 e. The Hall–Kier alpha value is -2.50. The number of ether oxygens (including phenoxy) is 1. The zero-order chi connectivity index (χ0) is 15.4. The molecule has 0 aliphatic heterocycles. The quantitative estimate of drug-likeness (QED) is 0.649. The molecule has 0 fully saturated rings. The predicted octanol–water partition coefficient (Wildman–Crippen LogP) is 2.38. The Morgan fingerprint density at radius 3 is 2.62 bits per heavy atom. The maximum atomic E-state index is 7.83. The van der Waals surface area contributed by atoms with Gasteiger partial charge in [0.1, 0.15) is 5.84 Å². The highest BCUT2D eigenvalue weighted by Gasteiger charge is 2.19. The van der Waals surface area contributed by atoms with Gasteiger partial charge >= 0.3 is 0 Å². The molecule has 2 aromatic rings. The molecule has 6 heteroatoms. The number of hydrogen-bond donors (Lipinski definition) is 2. The van der Waals surface area contributed by atoms with Crippen LogP contribution >= 0.6 is 0 Å². The molecule has 0 aliphatic carbocycles. The van der Waals surface area contributed by atoms with Crippen LogP contribution in [-0.4, -0.2) is 21.0 Å². The molecular formula is C15H19N5O. The lowest BCUT2D eigenvalue weighted by molar-refractivity contribution is 0.445. The average molecular weight is 285 g/mol. The average Bonchev–Trinajstić information content (AvgIpc) is 2.48. The van der Waals surface area contributed by atoms with Gasteiger partial charge in [0.2, 0.25) is 5.88 Å². The first-order valence-electron chi connectivity index (χ1n) is 6.90. The van der Waals surface area contributed by atoms with Gasteiger partial charge in [-0.25, -0.2) is 0 Å². The van der Waals surface area contributed by atoms with Crippen LogP contribution in [0.3, 0.4) is 0 Å². The highest BCUT2D eigenvalue weighted by atomic mass is 16.5. The number of nitrogens with two attached hydrogens (primary N) is 1. The zero-order valence-electron chi connectivity index (χ0n) is 12.5. The molecule has 3 N–H and O–H groups in total. The lowest BCUT2D eigenvalue weighted by Gasteiger charge is -2.15. The normalized spacial score (nSPS) is 10.4. The van der Waals surface area contributed by atoms with Gasteiger partial charge in [0, 0.05) is 6.20 Å². The first-order chi connectivity index (χ1) is 10.1. The number of rotatable bonds is 5. The topological polar surface area (TPSA) is 97.8 Å². The van der Waals surface area contributed by atoms with E-state index in [9.17, 15) is 0 Å². The van der Waals surface area contributed by atoms with Gasteiger partial charge in [0.25, 0.3) is 0 Å². The van der Waals surface area contributed by atoms with Gasteiger partial charge < -0.3 is 10.5 Å². The molecule has 6 nitrogen and oxygen atoms in total. The van der Waals surface area contributed by atoms with Crippen LogP contribution in [0.15, 0.2) is 18.3 Å². The maximum absolute atomic E-state index is 7.83. The highest BCUT2D eigenvalue weighted by molar-refractivity contribution is 5.98. The third-order valence-electron chi connectivity index (χ3n) is 3.25. The monoisotopic (exact) mass is 285 g/mol. The molecule has 2 heterocycles. The molecule has 0 bridgehead atoms. The van der Waals surface area contributed by atoms with Gasteiger partial charge in [-0.1, -0.05) is 13.8 Å². The smallest absolute Gasteiger partial charge is 0.250 e. The van der Waals surface area contributed by atoms with Crippen molar-refractivity contribution in [2.45, 2.75) is 33.6 Å². The molecule has 0 unspecified atom stereocenters. The fraction of sp³-hybridized carbons (Fsp3) is 0.333. The Balaban J connectivity index is 2.54. The molecule has 0 atom stereocenters. The third kappa shape index (κ3) is 2.99. The molecule has 0 saturated heterocycles. The molecule has 2 aromatic heterocycles. The van der Waals surface area contributed by atoms with Gasteiger partial charge in [-0.2, -0.15) is 5.10 Å². The van der Waals surface area contributed by atoms with Crippen molar-refractivity contribution in [3.05, 3.63) is 40.8 Å². The van der Waals surface area contributed by atoms with Crippen molar-refractivity contribution in [3.63, 3.8) is 0 Å². The Kier molecular flexibility index (Phi) is 4.47. The number of pyridine rings is 1. The SMILES string of the molecule is CCc1nnc(Oc2cccnc2C)c(C(=N)N)c1CC. The number of amidine groups is 1. The van der Waals surface area contributed by atoms with Crippen molar-refractivity contribution in [1.82, 2.24) is 15.2 Å². The molecule has 21 heavy (non-hydrogen) atoms. The molecule has 2 rings (SSSR count). The lowest BCUT2D eigenvalue weighted by atomic mass is 10.0. The summed E-state index contributed by atoms with van der Waals surface area (Å²) in [6.07, 6.45) is 3.15. The zero-order valence-corrected chi connectivity index (χ0v) is 12.5. The minimum atomic E-state index is -0.0620. The Morgan fingerprint density at radius 1 is 1.29 bits per heavy atom. The number of nitrogen functional groups attached to an aromatic ring is 1. The minimum Gasteiger partial charge on any atom is -0.435 e. The molecule has 0 radical (unpaired) electrons. The first kappa shape index (κ1) is 14.9. The van der Waals surface area contributed by atoms with Gasteiger partial charge in [0.15, 0.2) is 5.75 Å². The van der Waals surface area contributed by atoms with Gasteiger partial charge in [-0.15, -0.1) is 5.10 Å². The third-order valence-corrected chi connectivity index (χ3v) is 3.25. The molecule has 0 aliphatic rings. The van der Waals surface area contributed by atoms with Gasteiger partial charge in [0.05, 0.1) is 17.0 Å². The fourth-order valence-corrected chi connectivity index (χ4v) is 2.19. The number of aryl methyl sites for hydroxylation is 2. The predicted molar refractivity (Wildman–Crippen MR) is 80.9 cm³/mol. The Bertz CT molecular complexity index is 669. The van der Waals surface area contributed by atoms with E-state index in [4.69, 9.17) is 15.9 Å². The first-order valence-corrected chi connectivity index (χ1v) is 6.90. The Labute approximate surface area is 123 Å². The van der Waals surface area contributed by atoms with Crippen LogP contribution in [0.5, 0.6) is 11.6 Å². The van der Waals surface area contributed by atoms with Gasteiger partial charge in [-0.3, -0.25) is 10.4 Å². The second-order valence-corrected chi connectivity index (χ2v) is 4.62. The van der Waals surface area contributed by atoms with E-state index in [1.165, 1.54) is 0 Å². The summed E-state index contributed by atoms with van der Waals surface area (Å²) in [5.74, 6) is 0.779. The van der Waals surface area contributed by atoms with Crippen molar-refractivity contribution in [2.24, 2.45) is 5.73 Å². The van der Waals surface area contributed by atoms with Crippen LogP contribution in [0, 0.1) is 12.3 Å². The minimum absolute atomic E-state index is 0.0620. The highest BCUT2D eigenvalue weighted by Crippen LogP contribution is 2.27. The van der Waals surface area contributed by atoms with E-state index in [1.54, 1.807) is 18.3 Å². The Morgan fingerprint density at radius 2 is 2.05 bits per heavy atom. The molecule has 0 amide bonds. The van der Waals surface area contributed by atoms with E-state index in [1.807, 2.05) is 20.8 Å². The van der Waals surface area contributed by atoms with Crippen molar-refractivity contribution >= 4 is 5.84 Å². The van der Waals surface area contributed by atoms with Crippen LogP contribution in [-0.2, 0) is 12.8 Å². The summed E-state index contributed by atoms with van der Waals surface area (Å²) < 4.78 is 5.79. The van der Waals surface area contributed by atoms with Crippen molar-refractivity contribution in [1.29, 1.82) is 5.41 Å². The van der Waals surface area contributed by atoms with Crippen LogP contribution in [0.25, 0.3) is 0 Å². The summed E-state index contributed by atoms with van der Waals surface area (Å²) in [7, 11) is 0. The molecular weight excluding hydrogens is 266 g/mol. The van der Waals surface area contributed by atoms with Crippen molar-refractivity contribution in [2.75, 3.05) is 0 Å². The molecule has 110 valence electrons. The van der Waals surface area contributed by atoms with Crippen LogP contribution in [0.2, 0.25) is 0 Å². The van der Waals surface area contributed by atoms with Crippen molar-refractivity contribution in [3.8, 4) is 11.6 Å². The van der Waals surface area contributed by atoms with E-state index in [2.05, 4.69) is 15.2 Å². The standard InChI is InChI=1S/C15H19N5O/c1-4-10-11(5-2)19-20-15(13(10)14(16)17)21-12-7-6-8-18-9(12)3/h6-8H,4-5H2,1-3H3,(H3,16,17). The van der Waals surface area contributed by atoms with Crippen LogP contribution < -0.4 is 10.5 Å². The number of hydrogen-bond acceptors (Lipinski definition) is 5. The number of nitrogens with one attached hydrogen (secondary N) is 1. The summed E-state index contributed by atoms with van der Waals surface area (Å²) in [5.41, 5.74) is 8.75. The summed E-state index contributed by atoms with van der Waals surface area (Å²) in [5, 5.41) is 16.1.